The Balaban J connectivity index is 1.73. The van der Waals surface area contributed by atoms with Crippen LogP contribution in [0.1, 0.15) is 58.4 Å². The van der Waals surface area contributed by atoms with Crippen LogP contribution in [0.15, 0.2) is 36.1 Å². The van der Waals surface area contributed by atoms with E-state index in [-0.39, 0.29) is 29.0 Å². The number of ketones is 2. The summed E-state index contributed by atoms with van der Waals surface area (Å²) < 4.78 is 19.1. The predicted molar refractivity (Wildman–Crippen MR) is 127 cm³/mol. The van der Waals surface area contributed by atoms with E-state index in [1.807, 2.05) is 31.2 Å². The maximum atomic E-state index is 12.8. The van der Waals surface area contributed by atoms with Crippen molar-refractivity contribution in [2.75, 3.05) is 7.11 Å². The normalized spacial score (nSPS) is 14.3. The second kappa shape index (κ2) is 8.71. The molecular formula is C25H33NO5Si. The number of methoxy groups -OCH3 is 1. The van der Waals surface area contributed by atoms with Gasteiger partial charge in [-0.1, -0.05) is 32.9 Å². The first-order valence-corrected chi connectivity index (χ1v) is 13.7. The molecule has 1 aliphatic rings. The van der Waals surface area contributed by atoms with Crippen LogP contribution in [0.25, 0.3) is 0 Å². The maximum Gasteiger partial charge on any atom is 0.230 e. The van der Waals surface area contributed by atoms with Crippen LogP contribution in [0.4, 0.5) is 0 Å². The van der Waals surface area contributed by atoms with Gasteiger partial charge in [0.15, 0.2) is 14.1 Å². The molecule has 0 spiro atoms. The number of Topliss-reactive ketones (excluding diaryl/α,β-unsaturated/α-hetero) is 1. The van der Waals surface area contributed by atoms with Crippen LogP contribution >= 0.6 is 0 Å². The molecular weight excluding hydrogens is 422 g/mol. The average Bonchev–Trinajstić information content (AvgIpc) is 2.98. The lowest BCUT2D eigenvalue weighted by atomic mass is 9.96. The van der Waals surface area contributed by atoms with Gasteiger partial charge in [-0.15, -0.1) is 0 Å². The predicted octanol–water partition coefficient (Wildman–Crippen LogP) is 5.34. The van der Waals surface area contributed by atoms with E-state index in [1.165, 1.54) is 13.2 Å². The van der Waals surface area contributed by atoms with Crippen LogP contribution in [0, 0.1) is 6.92 Å². The lowest BCUT2D eigenvalue weighted by Gasteiger charge is -2.36. The standard InChI is InChI=1S/C25H33NO5Si/c1-16-19(22-23(26(16)5)20(27)13-21(29-6)24(22)28)15-30-18-11-9-17(10-12-18)14-31-32(7,8)25(2,3)4/h9-13H,14-15H2,1-8H3. The van der Waals surface area contributed by atoms with Crippen molar-refractivity contribution >= 4 is 19.9 Å². The zero-order valence-electron chi connectivity index (χ0n) is 20.3. The van der Waals surface area contributed by atoms with E-state index in [2.05, 4.69) is 33.9 Å². The van der Waals surface area contributed by atoms with E-state index in [9.17, 15) is 9.59 Å². The van der Waals surface area contributed by atoms with Gasteiger partial charge in [-0.05, 0) is 42.8 Å². The number of ether oxygens (including phenoxy) is 2. The topological polar surface area (TPSA) is 66.8 Å². The quantitative estimate of drug-likeness (QED) is 0.527. The zero-order chi connectivity index (χ0) is 23.8. The van der Waals surface area contributed by atoms with Crippen molar-refractivity contribution in [2.45, 2.75) is 59.0 Å². The summed E-state index contributed by atoms with van der Waals surface area (Å²) in [5.74, 6) is 0.220. The number of allylic oxidation sites excluding steroid dienone is 2. The molecule has 1 aliphatic carbocycles. The lowest BCUT2D eigenvalue weighted by Crippen LogP contribution is -2.40. The third-order valence-corrected chi connectivity index (χ3v) is 11.2. The molecule has 1 heterocycles. The Morgan fingerprint density at radius 3 is 2.22 bits per heavy atom. The summed E-state index contributed by atoms with van der Waals surface area (Å²) in [4.78, 5) is 25.3. The van der Waals surface area contributed by atoms with Crippen molar-refractivity contribution in [1.29, 1.82) is 0 Å². The van der Waals surface area contributed by atoms with Crippen molar-refractivity contribution < 1.29 is 23.5 Å². The van der Waals surface area contributed by atoms with Crippen molar-refractivity contribution in [3.05, 3.63) is 64.2 Å². The van der Waals surface area contributed by atoms with Crippen molar-refractivity contribution in [2.24, 2.45) is 7.05 Å². The number of carbonyl (C=O) groups is 2. The molecule has 1 aromatic carbocycles. The molecule has 1 aromatic heterocycles. The monoisotopic (exact) mass is 455 g/mol. The number of hydrogen-bond acceptors (Lipinski definition) is 5. The zero-order valence-corrected chi connectivity index (χ0v) is 21.3. The highest BCUT2D eigenvalue weighted by molar-refractivity contribution is 6.74. The number of hydrogen-bond donors (Lipinski definition) is 0. The van der Waals surface area contributed by atoms with E-state index in [0.29, 0.717) is 29.2 Å². The highest BCUT2D eigenvalue weighted by Gasteiger charge is 2.37. The Morgan fingerprint density at radius 2 is 1.66 bits per heavy atom. The molecule has 0 radical (unpaired) electrons. The molecule has 0 aliphatic heterocycles. The third kappa shape index (κ3) is 4.45. The van der Waals surface area contributed by atoms with E-state index < -0.39 is 8.32 Å². The lowest BCUT2D eigenvalue weighted by molar-refractivity contribution is 0.0912. The Labute approximate surface area is 191 Å². The molecule has 0 atom stereocenters. The summed E-state index contributed by atoms with van der Waals surface area (Å²) in [6.45, 7) is 13.8. The molecule has 3 rings (SSSR count). The molecule has 0 bridgehead atoms. The smallest absolute Gasteiger partial charge is 0.230 e. The van der Waals surface area contributed by atoms with E-state index in [0.717, 1.165) is 11.3 Å². The van der Waals surface area contributed by atoms with Crippen molar-refractivity contribution in [1.82, 2.24) is 4.57 Å². The van der Waals surface area contributed by atoms with Gasteiger partial charge in [0, 0.05) is 24.4 Å². The molecule has 0 unspecified atom stereocenters. The number of fused-ring (bicyclic) bond motifs is 1. The molecule has 0 amide bonds. The number of nitrogens with zero attached hydrogens (tertiary/aromatic N) is 1. The average molecular weight is 456 g/mol. The number of aromatic nitrogens is 1. The van der Waals surface area contributed by atoms with Gasteiger partial charge < -0.3 is 18.5 Å². The van der Waals surface area contributed by atoms with E-state index in [4.69, 9.17) is 13.9 Å². The number of benzene rings is 1. The Kier molecular flexibility index (Phi) is 6.54. The third-order valence-electron chi connectivity index (χ3n) is 6.69. The van der Waals surface area contributed by atoms with Gasteiger partial charge in [0.25, 0.3) is 0 Å². The summed E-state index contributed by atoms with van der Waals surface area (Å²) in [5.41, 5.74) is 3.36. The fourth-order valence-corrected chi connectivity index (χ4v) is 4.38. The van der Waals surface area contributed by atoms with Crippen molar-refractivity contribution in [3.63, 3.8) is 0 Å². The fourth-order valence-electron chi connectivity index (χ4n) is 3.42. The molecule has 172 valence electrons. The van der Waals surface area contributed by atoms with Gasteiger partial charge in [-0.25, -0.2) is 0 Å². The fraction of sp³-hybridized carbons (Fsp3) is 0.440. The Morgan fingerprint density at radius 1 is 1.03 bits per heavy atom. The Bertz CT molecular complexity index is 1070. The van der Waals surface area contributed by atoms with Gasteiger partial charge in [0.1, 0.15) is 18.1 Å². The summed E-state index contributed by atoms with van der Waals surface area (Å²) in [6.07, 6.45) is 1.25. The second-order valence-corrected chi connectivity index (χ2v) is 14.5. The van der Waals surface area contributed by atoms with Gasteiger partial charge in [0.2, 0.25) is 11.6 Å². The Hall–Kier alpha value is -2.64. The minimum absolute atomic E-state index is 0.0560. The molecule has 7 heteroatoms. The van der Waals surface area contributed by atoms with Crippen LogP contribution in [0.2, 0.25) is 18.1 Å². The van der Waals surface area contributed by atoms with E-state index in [1.54, 1.807) is 11.6 Å². The van der Waals surface area contributed by atoms with Crippen molar-refractivity contribution in [3.8, 4) is 5.75 Å². The molecule has 32 heavy (non-hydrogen) atoms. The van der Waals surface area contributed by atoms with Crippen LogP contribution in [-0.2, 0) is 29.4 Å². The number of carbonyl (C=O) groups excluding carboxylic acids is 2. The summed E-state index contributed by atoms with van der Waals surface area (Å²) in [7, 11) is 1.37. The van der Waals surface area contributed by atoms with Crippen LogP contribution in [0.3, 0.4) is 0 Å². The SMILES string of the molecule is COC1=CC(=O)c2c(c(COc3ccc(CO[Si](C)(C)C(C)(C)C)cc3)c(C)n2C)C1=O. The minimum Gasteiger partial charge on any atom is -0.492 e. The first kappa shape index (κ1) is 24.0. The molecule has 6 nitrogen and oxygen atoms in total. The highest BCUT2D eigenvalue weighted by atomic mass is 28.4. The highest BCUT2D eigenvalue weighted by Crippen LogP contribution is 2.37. The van der Waals surface area contributed by atoms with Gasteiger partial charge in [0.05, 0.1) is 19.3 Å². The first-order chi connectivity index (χ1) is 14.9. The van der Waals surface area contributed by atoms with Crippen LogP contribution in [-0.4, -0.2) is 31.6 Å². The second-order valence-electron chi connectivity index (χ2n) is 9.73. The minimum atomic E-state index is -1.81. The molecule has 0 N–H and O–H groups in total. The number of rotatable bonds is 7. The molecule has 0 saturated heterocycles. The summed E-state index contributed by atoms with van der Waals surface area (Å²) in [5, 5.41) is 0.166. The molecule has 0 saturated carbocycles. The van der Waals surface area contributed by atoms with Gasteiger partial charge in [-0.3, -0.25) is 9.59 Å². The summed E-state index contributed by atoms with van der Waals surface area (Å²) >= 11 is 0. The largest absolute Gasteiger partial charge is 0.492 e. The first-order valence-electron chi connectivity index (χ1n) is 10.8. The van der Waals surface area contributed by atoms with Crippen LogP contribution < -0.4 is 4.74 Å². The van der Waals surface area contributed by atoms with Gasteiger partial charge >= 0.3 is 0 Å². The van der Waals surface area contributed by atoms with E-state index >= 15 is 0 Å². The van der Waals surface area contributed by atoms with Gasteiger partial charge in [-0.2, -0.15) is 0 Å². The summed E-state index contributed by atoms with van der Waals surface area (Å²) in [6, 6.07) is 7.80. The van der Waals surface area contributed by atoms with Crippen LogP contribution in [0.5, 0.6) is 5.75 Å². The molecule has 2 aromatic rings. The maximum absolute atomic E-state index is 12.8. The molecule has 0 fully saturated rings.